The molecule has 1 aliphatic heterocycles. The van der Waals surface area contributed by atoms with Crippen LogP contribution in [0, 0.1) is 0 Å². The molecule has 0 aromatic carbocycles. The molecule has 0 amide bonds. The Balaban J connectivity index is 2.37. The zero-order valence-corrected chi connectivity index (χ0v) is 9.92. The van der Waals surface area contributed by atoms with Crippen molar-refractivity contribution in [2.75, 3.05) is 6.61 Å². The highest BCUT2D eigenvalue weighted by atomic mass is 35.5. The van der Waals surface area contributed by atoms with Crippen molar-refractivity contribution in [1.82, 2.24) is 9.97 Å². The molecule has 0 N–H and O–H groups in total. The lowest BCUT2D eigenvalue weighted by Gasteiger charge is -2.11. The van der Waals surface area contributed by atoms with Crippen LogP contribution < -0.4 is 0 Å². The van der Waals surface area contributed by atoms with Crippen LogP contribution in [0.15, 0.2) is 0 Å². The van der Waals surface area contributed by atoms with E-state index in [4.69, 9.17) is 27.9 Å². The number of nitrogens with zero attached hydrogens (tertiary/aromatic N) is 2. The molecule has 0 unspecified atom stereocenters. The number of aromatic nitrogens is 2. The summed E-state index contributed by atoms with van der Waals surface area (Å²) >= 11 is 13.4. The molecule has 3 heterocycles. The third-order valence-corrected chi connectivity index (χ3v) is 3.93. The van der Waals surface area contributed by atoms with Gasteiger partial charge < -0.3 is 4.74 Å². The van der Waals surface area contributed by atoms with Gasteiger partial charge in [-0.2, -0.15) is 0 Å². The van der Waals surface area contributed by atoms with E-state index in [2.05, 4.69) is 9.97 Å². The number of ether oxygens (including phenoxy) is 1. The highest BCUT2D eigenvalue weighted by Crippen LogP contribution is 2.37. The summed E-state index contributed by atoms with van der Waals surface area (Å²) in [5.74, 6) is 0. The van der Waals surface area contributed by atoms with Crippen molar-refractivity contribution in [3.05, 3.63) is 20.9 Å². The zero-order chi connectivity index (χ0) is 10.4. The largest absolute Gasteiger partial charge is 0.376 e. The third-order valence-electron chi connectivity index (χ3n) is 2.39. The van der Waals surface area contributed by atoms with Gasteiger partial charge in [0, 0.05) is 4.88 Å². The van der Waals surface area contributed by atoms with Crippen molar-refractivity contribution in [3.8, 4) is 0 Å². The van der Waals surface area contributed by atoms with Gasteiger partial charge in [-0.1, -0.05) is 11.6 Å². The van der Waals surface area contributed by atoms with Crippen molar-refractivity contribution >= 4 is 44.8 Å². The Hall–Kier alpha value is -0.420. The number of thiophene rings is 1. The number of halogens is 2. The zero-order valence-electron chi connectivity index (χ0n) is 7.59. The lowest BCUT2D eigenvalue weighted by molar-refractivity contribution is 0.114. The van der Waals surface area contributed by atoms with E-state index in [0.29, 0.717) is 11.8 Å². The fraction of sp³-hybridized carbons (Fsp3) is 0.333. The molecule has 0 spiro atoms. The first kappa shape index (κ1) is 9.78. The summed E-state index contributed by atoms with van der Waals surface area (Å²) in [4.78, 5) is 10.2. The van der Waals surface area contributed by atoms with Gasteiger partial charge in [0.25, 0.3) is 0 Å². The SMILES string of the molecule is Clc1nc(Cl)c2c3c(sc2n1)COCC3. The van der Waals surface area contributed by atoms with Crippen LogP contribution in [0.5, 0.6) is 0 Å². The van der Waals surface area contributed by atoms with Crippen molar-refractivity contribution < 1.29 is 4.74 Å². The highest BCUT2D eigenvalue weighted by Gasteiger charge is 2.20. The Morgan fingerprint density at radius 3 is 3.00 bits per heavy atom. The Labute approximate surface area is 100 Å². The van der Waals surface area contributed by atoms with Gasteiger partial charge in [-0.15, -0.1) is 11.3 Å². The first-order chi connectivity index (χ1) is 7.25. The highest BCUT2D eigenvalue weighted by molar-refractivity contribution is 7.19. The van der Waals surface area contributed by atoms with Gasteiger partial charge in [-0.3, -0.25) is 0 Å². The normalized spacial score (nSPS) is 15.6. The average Bonchev–Trinajstić information content (AvgIpc) is 2.54. The molecule has 2 aromatic heterocycles. The predicted octanol–water partition coefficient (Wildman–Crippen LogP) is 3.07. The summed E-state index contributed by atoms with van der Waals surface area (Å²) < 4.78 is 5.38. The molecule has 0 saturated carbocycles. The topological polar surface area (TPSA) is 35.0 Å². The lowest BCUT2D eigenvalue weighted by Crippen LogP contribution is -2.06. The fourth-order valence-electron chi connectivity index (χ4n) is 1.76. The van der Waals surface area contributed by atoms with E-state index in [9.17, 15) is 0 Å². The number of hydrogen-bond donors (Lipinski definition) is 0. The van der Waals surface area contributed by atoms with Crippen LogP contribution in [0.2, 0.25) is 10.4 Å². The molecular formula is C9H6Cl2N2OS. The Bertz CT molecular complexity index is 540. The molecule has 0 fully saturated rings. The van der Waals surface area contributed by atoms with E-state index < -0.39 is 0 Å². The Kier molecular flexibility index (Phi) is 2.32. The first-order valence-electron chi connectivity index (χ1n) is 4.47. The van der Waals surface area contributed by atoms with Crippen LogP contribution in [0.1, 0.15) is 10.4 Å². The lowest BCUT2D eigenvalue weighted by atomic mass is 10.1. The van der Waals surface area contributed by atoms with Gasteiger partial charge >= 0.3 is 0 Å². The molecule has 0 radical (unpaired) electrons. The van der Waals surface area contributed by atoms with Crippen LogP contribution in [0.3, 0.4) is 0 Å². The molecule has 78 valence electrons. The summed E-state index contributed by atoms with van der Waals surface area (Å²) in [6.45, 7) is 1.38. The summed E-state index contributed by atoms with van der Waals surface area (Å²) in [6.07, 6.45) is 0.875. The molecule has 15 heavy (non-hydrogen) atoms. The van der Waals surface area contributed by atoms with E-state index in [0.717, 1.165) is 23.2 Å². The molecule has 0 bridgehead atoms. The van der Waals surface area contributed by atoms with Gasteiger partial charge in [0.2, 0.25) is 5.28 Å². The van der Waals surface area contributed by atoms with Gasteiger partial charge in [-0.25, -0.2) is 9.97 Å². The van der Waals surface area contributed by atoms with Crippen LogP contribution in [0.25, 0.3) is 10.2 Å². The number of fused-ring (bicyclic) bond motifs is 3. The van der Waals surface area contributed by atoms with Crippen LogP contribution in [-0.2, 0) is 17.8 Å². The molecule has 2 aromatic rings. The molecule has 3 nitrogen and oxygen atoms in total. The third kappa shape index (κ3) is 1.52. The van der Waals surface area contributed by atoms with E-state index >= 15 is 0 Å². The van der Waals surface area contributed by atoms with Crippen molar-refractivity contribution in [3.63, 3.8) is 0 Å². The van der Waals surface area contributed by atoms with E-state index in [1.165, 1.54) is 10.4 Å². The Morgan fingerprint density at radius 1 is 1.27 bits per heavy atom. The molecule has 0 aliphatic carbocycles. The quantitative estimate of drug-likeness (QED) is 0.540. The minimum absolute atomic E-state index is 0.201. The maximum atomic E-state index is 6.07. The second kappa shape index (κ2) is 3.56. The summed E-state index contributed by atoms with van der Waals surface area (Å²) in [5.41, 5.74) is 1.22. The number of rotatable bonds is 0. The predicted molar refractivity (Wildman–Crippen MR) is 60.8 cm³/mol. The smallest absolute Gasteiger partial charge is 0.225 e. The molecule has 3 rings (SSSR count). The second-order valence-electron chi connectivity index (χ2n) is 3.27. The van der Waals surface area contributed by atoms with Crippen LogP contribution in [0.4, 0.5) is 0 Å². The Morgan fingerprint density at radius 2 is 2.13 bits per heavy atom. The van der Waals surface area contributed by atoms with E-state index in [-0.39, 0.29) is 5.28 Å². The monoisotopic (exact) mass is 260 g/mol. The van der Waals surface area contributed by atoms with E-state index in [1.807, 2.05) is 0 Å². The summed E-state index contributed by atoms with van der Waals surface area (Å²) in [5, 5.41) is 1.60. The maximum Gasteiger partial charge on any atom is 0.225 e. The van der Waals surface area contributed by atoms with Gasteiger partial charge in [0.1, 0.15) is 9.98 Å². The summed E-state index contributed by atoms with van der Waals surface area (Å²) in [7, 11) is 0. The molecule has 0 atom stereocenters. The maximum absolute atomic E-state index is 6.07. The van der Waals surface area contributed by atoms with Crippen molar-refractivity contribution in [1.29, 1.82) is 0 Å². The molecule has 1 aliphatic rings. The van der Waals surface area contributed by atoms with Gasteiger partial charge in [-0.05, 0) is 23.6 Å². The molecule has 0 saturated heterocycles. The summed E-state index contributed by atoms with van der Waals surface area (Å²) in [6, 6.07) is 0. The molecular weight excluding hydrogens is 255 g/mol. The van der Waals surface area contributed by atoms with Crippen LogP contribution >= 0.6 is 34.5 Å². The minimum atomic E-state index is 0.201. The van der Waals surface area contributed by atoms with Gasteiger partial charge in [0.05, 0.1) is 18.6 Å². The van der Waals surface area contributed by atoms with Crippen LogP contribution in [-0.4, -0.2) is 16.6 Å². The van der Waals surface area contributed by atoms with Crippen molar-refractivity contribution in [2.24, 2.45) is 0 Å². The average molecular weight is 261 g/mol. The van der Waals surface area contributed by atoms with E-state index in [1.54, 1.807) is 11.3 Å². The second-order valence-corrected chi connectivity index (χ2v) is 5.05. The minimum Gasteiger partial charge on any atom is -0.376 e. The standard InChI is InChI=1S/C9H6Cl2N2OS/c10-7-6-4-1-2-14-3-5(4)15-8(6)13-9(11)12-7/h1-3H2. The van der Waals surface area contributed by atoms with Gasteiger partial charge in [0.15, 0.2) is 0 Å². The fourth-order valence-corrected chi connectivity index (χ4v) is 3.51. The van der Waals surface area contributed by atoms with Crippen molar-refractivity contribution in [2.45, 2.75) is 13.0 Å². The number of hydrogen-bond acceptors (Lipinski definition) is 4. The molecule has 6 heteroatoms. The first-order valence-corrected chi connectivity index (χ1v) is 6.04.